The van der Waals surface area contributed by atoms with Crippen LogP contribution in [0.25, 0.3) is 0 Å². The number of nitrogens with zero attached hydrogens (tertiary/aromatic N) is 1. The van der Waals surface area contributed by atoms with Crippen LogP contribution in [-0.2, 0) is 11.3 Å². The van der Waals surface area contributed by atoms with Crippen LogP contribution in [0.1, 0.15) is 37.7 Å². The Morgan fingerprint density at radius 2 is 1.65 bits per heavy atom. The largest absolute Gasteiger partial charge is 0.497 e. The lowest BCUT2D eigenvalue weighted by molar-refractivity contribution is 0.0474. The van der Waals surface area contributed by atoms with Crippen LogP contribution in [0, 0.1) is 13.8 Å². The molecule has 31 heavy (non-hydrogen) atoms. The third kappa shape index (κ3) is 5.22. The second kappa shape index (κ2) is 9.80. The molecule has 0 aliphatic rings. The molecular formula is C23H23NO7. The van der Waals surface area contributed by atoms with Crippen LogP contribution in [0.5, 0.6) is 17.2 Å². The third-order valence-corrected chi connectivity index (χ3v) is 4.70. The van der Waals surface area contributed by atoms with Gasteiger partial charge in [0.05, 0.1) is 31.0 Å². The van der Waals surface area contributed by atoms with Crippen molar-refractivity contribution in [1.82, 2.24) is 5.16 Å². The van der Waals surface area contributed by atoms with Crippen molar-refractivity contribution in [2.75, 3.05) is 20.8 Å². The number of esters is 1. The summed E-state index contributed by atoms with van der Waals surface area (Å²) in [5.74, 6) is 1.17. The zero-order chi connectivity index (χ0) is 22.4. The molecule has 0 bridgehead atoms. The number of benzene rings is 2. The van der Waals surface area contributed by atoms with Gasteiger partial charge in [-0.15, -0.1) is 0 Å². The van der Waals surface area contributed by atoms with Gasteiger partial charge in [0.15, 0.2) is 23.9 Å². The Labute approximate surface area is 179 Å². The number of aromatic nitrogens is 1. The van der Waals surface area contributed by atoms with E-state index in [1.54, 1.807) is 43.5 Å². The molecule has 3 aromatic rings. The quantitative estimate of drug-likeness (QED) is 0.376. The lowest BCUT2D eigenvalue weighted by Gasteiger charge is -2.12. The van der Waals surface area contributed by atoms with Gasteiger partial charge in [0, 0.05) is 5.56 Å². The van der Waals surface area contributed by atoms with Crippen LogP contribution in [-0.4, -0.2) is 37.7 Å². The molecule has 0 amide bonds. The summed E-state index contributed by atoms with van der Waals surface area (Å²) in [5.41, 5.74) is 2.26. The van der Waals surface area contributed by atoms with Crippen molar-refractivity contribution in [2.45, 2.75) is 20.5 Å². The van der Waals surface area contributed by atoms with Crippen LogP contribution in [0.2, 0.25) is 0 Å². The van der Waals surface area contributed by atoms with E-state index in [1.807, 2.05) is 13.8 Å². The summed E-state index contributed by atoms with van der Waals surface area (Å²) in [7, 11) is 3.01. The normalized spacial score (nSPS) is 10.5. The molecule has 0 fully saturated rings. The first kappa shape index (κ1) is 21.9. The fraction of sp³-hybridized carbons (Fsp3) is 0.261. The Bertz CT molecular complexity index is 1050. The highest BCUT2D eigenvalue weighted by Crippen LogP contribution is 2.30. The molecule has 1 heterocycles. The van der Waals surface area contributed by atoms with E-state index in [0.29, 0.717) is 28.6 Å². The van der Waals surface area contributed by atoms with Crippen molar-refractivity contribution in [1.29, 1.82) is 0 Å². The van der Waals surface area contributed by atoms with Gasteiger partial charge in [0.1, 0.15) is 18.1 Å². The Morgan fingerprint density at radius 3 is 2.26 bits per heavy atom. The molecule has 0 radical (unpaired) electrons. The average molecular weight is 425 g/mol. The van der Waals surface area contributed by atoms with Crippen LogP contribution in [0.15, 0.2) is 47.0 Å². The number of ether oxygens (including phenoxy) is 4. The van der Waals surface area contributed by atoms with Crippen LogP contribution in [0.3, 0.4) is 0 Å². The molecule has 2 aromatic carbocycles. The smallest absolute Gasteiger partial charge is 0.338 e. The molecule has 0 spiro atoms. The molecule has 8 nitrogen and oxygen atoms in total. The van der Waals surface area contributed by atoms with Gasteiger partial charge in [-0.25, -0.2) is 4.79 Å². The van der Waals surface area contributed by atoms with Crippen molar-refractivity contribution >= 4 is 11.8 Å². The summed E-state index contributed by atoms with van der Waals surface area (Å²) in [6, 6.07) is 11.2. The van der Waals surface area contributed by atoms with Crippen LogP contribution >= 0.6 is 0 Å². The first-order valence-electron chi connectivity index (χ1n) is 9.50. The summed E-state index contributed by atoms with van der Waals surface area (Å²) in [6.45, 7) is 3.51. The fourth-order valence-corrected chi connectivity index (χ4v) is 2.85. The van der Waals surface area contributed by atoms with Gasteiger partial charge in [-0.2, -0.15) is 0 Å². The molecule has 162 valence electrons. The molecule has 0 N–H and O–H groups in total. The first-order valence-corrected chi connectivity index (χ1v) is 9.50. The molecule has 0 aliphatic heterocycles. The zero-order valence-electron chi connectivity index (χ0n) is 17.8. The Balaban J connectivity index is 1.62. The van der Waals surface area contributed by atoms with Gasteiger partial charge >= 0.3 is 5.97 Å². The lowest BCUT2D eigenvalue weighted by atomic mass is 10.1. The summed E-state index contributed by atoms with van der Waals surface area (Å²) < 4.78 is 26.5. The van der Waals surface area contributed by atoms with Gasteiger partial charge < -0.3 is 23.5 Å². The predicted octanol–water partition coefficient (Wildman–Crippen LogP) is 3.93. The Hall–Kier alpha value is -3.81. The molecule has 3 rings (SSSR count). The first-order chi connectivity index (χ1) is 14.9. The van der Waals surface area contributed by atoms with Crippen molar-refractivity contribution in [3.8, 4) is 17.2 Å². The van der Waals surface area contributed by atoms with E-state index in [0.717, 1.165) is 11.3 Å². The maximum absolute atomic E-state index is 12.4. The molecule has 0 atom stereocenters. The lowest BCUT2D eigenvalue weighted by Crippen LogP contribution is -2.14. The standard InChI is InChI=1S/C23H23NO7/c1-14-19(15(2)31-24-14)12-29-21-10-7-17(11-22(21)28-4)23(26)30-13-20(25)16-5-8-18(27-3)9-6-16/h5-11H,12-13H2,1-4H3. The van der Waals surface area contributed by atoms with E-state index < -0.39 is 5.97 Å². The molecule has 0 aliphatic carbocycles. The maximum atomic E-state index is 12.4. The Kier molecular flexibility index (Phi) is 6.92. The summed E-state index contributed by atoms with van der Waals surface area (Å²) in [4.78, 5) is 24.6. The van der Waals surface area contributed by atoms with E-state index in [2.05, 4.69) is 5.16 Å². The molecule has 0 saturated heterocycles. The highest BCUT2D eigenvalue weighted by Gasteiger charge is 2.16. The number of methoxy groups -OCH3 is 2. The van der Waals surface area contributed by atoms with Crippen LogP contribution in [0.4, 0.5) is 0 Å². The summed E-state index contributed by atoms with van der Waals surface area (Å²) >= 11 is 0. The summed E-state index contributed by atoms with van der Waals surface area (Å²) in [6.07, 6.45) is 0. The predicted molar refractivity (Wildman–Crippen MR) is 111 cm³/mol. The average Bonchev–Trinajstić information content (AvgIpc) is 3.12. The number of Topliss-reactive ketones (excluding diaryl/α,β-unsaturated/α-hetero) is 1. The molecule has 1 aromatic heterocycles. The number of ketones is 1. The van der Waals surface area contributed by atoms with E-state index in [9.17, 15) is 9.59 Å². The van der Waals surface area contributed by atoms with Gasteiger partial charge in [0.2, 0.25) is 0 Å². The monoisotopic (exact) mass is 425 g/mol. The maximum Gasteiger partial charge on any atom is 0.338 e. The second-order valence-corrected chi connectivity index (χ2v) is 6.68. The van der Waals surface area contributed by atoms with Gasteiger partial charge in [0.25, 0.3) is 0 Å². The third-order valence-electron chi connectivity index (χ3n) is 4.70. The minimum atomic E-state index is -0.641. The topological polar surface area (TPSA) is 97.1 Å². The van der Waals surface area contributed by atoms with Gasteiger partial charge in [-0.05, 0) is 56.3 Å². The number of rotatable bonds is 9. The molecule has 8 heteroatoms. The van der Waals surface area contributed by atoms with E-state index in [-0.39, 0.29) is 24.6 Å². The highest BCUT2D eigenvalue weighted by atomic mass is 16.5. The van der Waals surface area contributed by atoms with Crippen molar-refractivity contribution < 1.29 is 33.1 Å². The Morgan fingerprint density at radius 1 is 0.935 bits per heavy atom. The van der Waals surface area contributed by atoms with E-state index in [1.165, 1.54) is 13.2 Å². The van der Waals surface area contributed by atoms with Crippen LogP contribution < -0.4 is 14.2 Å². The van der Waals surface area contributed by atoms with Crippen molar-refractivity contribution in [3.05, 3.63) is 70.6 Å². The van der Waals surface area contributed by atoms with Gasteiger partial charge in [-0.3, -0.25) is 4.79 Å². The minimum absolute atomic E-state index is 0.240. The molecule has 0 saturated carbocycles. The number of hydrogen-bond acceptors (Lipinski definition) is 8. The van der Waals surface area contributed by atoms with E-state index in [4.69, 9.17) is 23.5 Å². The zero-order valence-corrected chi connectivity index (χ0v) is 17.8. The molecule has 0 unspecified atom stereocenters. The SMILES string of the molecule is COc1ccc(C(=O)COC(=O)c2ccc(OCc3c(C)noc3C)c(OC)c2)cc1. The second-order valence-electron chi connectivity index (χ2n) is 6.68. The molecular weight excluding hydrogens is 402 g/mol. The minimum Gasteiger partial charge on any atom is -0.497 e. The van der Waals surface area contributed by atoms with Crippen molar-refractivity contribution in [2.24, 2.45) is 0 Å². The number of hydrogen-bond donors (Lipinski definition) is 0. The van der Waals surface area contributed by atoms with E-state index >= 15 is 0 Å². The number of carbonyl (C=O) groups excluding carboxylic acids is 2. The van der Waals surface area contributed by atoms with Crippen molar-refractivity contribution in [3.63, 3.8) is 0 Å². The number of carbonyl (C=O) groups is 2. The summed E-state index contributed by atoms with van der Waals surface area (Å²) in [5, 5.41) is 3.89. The highest BCUT2D eigenvalue weighted by molar-refractivity contribution is 5.99. The fourth-order valence-electron chi connectivity index (χ4n) is 2.85. The number of aryl methyl sites for hydroxylation is 2. The van der Waals surface area contributed by atoms with Gasteiger partial charge in [-0.1, -0.05) is 5.16 Å².